The molecule has 1 saturated carbocycles. The van der Waals surface area contributed by atoms with Crippen molar-refractivity contribution in [1.29, 1.82) is 0 Å². The number of benzene rings is 1. The van der Waals surface area contributed by atoms with Gasteiger partial charge in [0.15, 0.2) is 5.69 Å². The SMILES string of the molecule is O=C(NCc1cc(-c2ccc(C(F)(F)F)nn2)ccn1)C1(NS(=O)(=O)c2cc3cc(F)ccc3o2)CC1. The lowest BCUT2D eigenvalue weighted by atomic mass is 10.1. The van der Waals surface area contributed by atoms with Crippen LogP contribution in [0.15, 0.2) is 64.2 Å². The zero-order chi connectivity index (χ0) is 26.4. The molecule has 3 heterocycles. The van der Waals surface area contributed by atoms with Crippen LogP contribution < -0.4 is 10.0 Å². The summed E-state index contributed by atoms with van der Waals surface area (Å²) in [6.07, 6.45) is -2.71. The van der Waals surface area contributed by atoms with E-state index in [0.717, 1.165) is 18.2 Å². The Balaban J connectivity index is 1.26. The molecule has 1 amide bonds. The number of furan rings is 1. The van der Waals surface area contributed by atoms with Crippen molar-refractivity contribution in [3.63, 3.8) is 0 Å². The standard InChI is InChI=1S/C23H17F4N5O4S/c24-15-1-3-18-14(9-15)11-20(36-18)37(34,35)32-22(6-7-22)21(33)29-12-16-10-13(5-8-28-16)17-2-4-19(31-30-17)23(25,26)27/h1-5,8-11,32H,6-7,12H2,(H,29,33). The van der Waals surface area contributed by atoms with Gasteiger partial charge in [-0.1, -0.05) is 0 Å². The van der Waals surface area contributed by atoms with Crippen LogP contribution in [0.2, 0.25) is 0 Å². The number of hydrogen-bond donors (Lipinski definition) is 2. The number of halogens is 4. The molecule has 14 heteroatoms. The molecule has 5 rings (SSSR count). The van der Waals surface area contributed by atoms with Crippen LogP contribution in [0.5, 0.6) is 0 Å². The van der Waals surface area contributed by atoms with Crippen molar-refractivity contribution < 1.29 is 35.2 Å². The molecule has 1 aromatic carbocycles. The van der Waals surface area contributed by atoms with Gasteiger partial charge in [0.25, 0.3) is 10.0 Å². The summed E-state index contributed by atoms with van der Waals surface area (Å²) >= 11 is 0. The van der Waals surface area contributed by atoms with E-state index in [1.165, 1.54) is 36.5 Å². The molecule has 4 aromatic rings. The lowest BCUT2D eigenvalue weighted by Crippen LogP contribution is -2.48. The van der Waals surface area contributed by atoms with Crippen molar-refractivity contribution in [3.05, 3.63) is 71.9 Å². The number of aromatic nitrogens is 3. The number of nitrogens with one attached hydrogen (secondary N) is 2. The predicted octanol–water partition coefficient (Wildman–Crippen LogP) is 3.57. The highest BCUT2D eigenvalue weighted by atomic mass is 32.2. The molecule has 0 unspecified atom stereocenters. The molecule has 1 fully saturated rings. The smallest absolute Gasteiger partial charge is 0.435 e. The fourth-order valence-corrected chi connectivity index (χ4v) is 5.04. The van der Waals surface area contributed by atoms with E-state index in [0.29, 0.717) is 11.3 Å². The first kappa shape index (κ1) is 24.8. The number of nitrogens with zero attached hydrogens (tertiary/aromatic N) is 3. The number of sulfonamides is 1. The first-order chi connectivity index (χ1) is 17.5. The number of hydrogen-bond acceptors (Lipinski definition) is 7. The van der Waals surface area contributed by atoms with Crippen molar-refractivity contribution in [2.24, 2.45) is 0 Å². The Kier molecular flexibility index (Phi) is 5.95. The minimum absolute atomic E-state index is 0.0753. The zero-order valence-electron chi connectivity index (χ0n) is 18.7. The van der Waals surface area contributed by atoms with Gasteiger partial charge in [0.2, 0.25) is 11.0 Å². The highest BCUT2D eigenvalue weighted by molar-refractivity contribution is 7.89. The molecule has 0 radical (unpaired) electrons. The van der Waals surface area contributed by atoms with E-state index >= 15 is 0 Å². The average Bonchev–Trinajstić information content (AvgIpc) is 3.49. The van der Waals surface area contributed by atoms with Gasteiger partial charge in [-0.3, -0.25) is 9.78 Å². The zero-order valence-corrected chi connectivity index (χ0v) is 19.5. The maximum Gasteiger partial charge on any atom is 0.435 e. The highest BCUT2D eigenvalue weighted by Gasteiger charge is 2.53. The largest absolute Gasteiger partial charge is 0.443 e. The molecule has 0 aliphatic heterocycles. The molecule has 2 N–H and O–H groups in total. The molecule has 37 heavy (non-hydrogen) atoms. The Morgan fingerprint density at radius 2 is 1.84 bits per heavy atom. The molecule has 1 aliphatic carbocycles. The number of carbonyl (C=O) groups excluding carboxylic acids is 1. The quantitative estimate of drug-likeness (QED) is 0.347. The molecular weight excluding hydrogens is 518 g/mol. The normalized spacial score (nSPS) is 15.0. The van der Waals surface area contributed by atoms with E-state index in [9.17, 15) is 30.8 Å². The lowest BCUT2D eigenvalue weighted by molar-refractivity contribution is -0.141. The van der Waals surface area contributed by atoms with Crippen molar-refractivity contribution >= 4 is 26.9 Å². The number of fused-ring (bicyclic) bond motifs is 1. The van der Waals surface area contributed by atoms with Crippen LogP contribution in [0, 0.1) is 5.82 Å². The number of amides is 1. The van der Waals surface area contributed by atoms with Gasteiger partial charge in [-0.2, -0.15) is 17.9 Å². The van der Waals surface area contributed by atoms with Crippen LogP contribution in [-0.4, -0.2) is 35.0 Å². The van der Waals surface area contributed by atoms with E-state index < -0.39 is 44.2 Å². The molecule has 0 bridgehead atoms. The van der Waals surface area contributed by atoms with Crippen molar-refractivity contribution in [2.45, 2.75) is 36.2 Å². The van der Waals surface area contributed by atoms with Crippen LogP contribution in [0.25, 0.3) is 22.2 Å². The van der Waals surface area contributed by atoms with Gasteiger partial charge in [0, 0.05) is 23.2 Å². The van der Waals surface area contributed by atoms with Crippen LogP contribution in [0.3, 0.4) is 0 Å². The van der Waals surface area contributed by atoms with Crippen molar-refractivity contribution in [3.8, 4) is 11.3 Å². The minimum Gasteiger partial charge on any atom is -0.443 e. The molecule has 3 aromatic heterocycles. The summed E-state index contributed by atoms with van der Waals surface area (Å²) < 4.78 is 84.9. The molecule has 1 aliphatic rings. The van der Waals surface area contributed by atoms with Gasteiger partial charge in [0.05, 0.1) is 17.9 Å². The Morgan fingerprint density at radius 3 is 2.51 bits per heavy atom. The van der Waals surface area contributed by atoms with Crippen LogP contribution >= 0.6 is 0 Å². The van der Waals surface area contributed by atoms with Crippen LogP contribution in [0.1, 0.15) is 24.2 Å². The monoisotopic (exact) mass is 535 g/mol. The van der Waals surface area contributed by atoms with Crippen LogP contribution in [-0.2, 0) is 27.5 Å². The third kappa shape index (κ3) is 5.15. The summed E-state index contributed by atoms with van der Waals surface area (Å²) in [5, 5.41) is 9.23. The predicted molar refractivity (Wildman–Crippen MR) is 121 cm³/mol. The second-order valence-electron chi connectivity index (χ2n) is 8.46. The number of rotatable bonds is 7. The van der Waals surface area contributed by atoms with Gasteiger partial charge >= 0.3 is 6.18 Å². The topological polar surface area (TPSA) is 127 Å². The molecule has 0 saturated heterocycles. The van der Waals surface area contributed by atoms with E-state index in [4.69, 9.17) is 4.42 Å². The van der Waals surface area contributed by atoms with E-state index in [1.54, 1.807) is 0 Å². The second-order valence-corrected chi connectivity index (χ2v) is 10.1. The minimum atomic E-state index is -4.61. The van der Waals surface area contributed by atoms with Crippen molar-refractivity contribution in [1.82, 2.24) is 25.2 Å². The van der Waals surface area contributed by atoms with E-state index in [-0.39, 0.29) is 36.0 Å². The molecule has 9 nitrogen and oxygen atoms in total. The molecular formula is C23H17F4N5O4S. The number of carbonyl (C=O) groups is 1. The third-order valence-electron chi connectivity index (χ3n) is 5.73. The van der Waals surface area contributed by atoms with Crippen LogP contribution in [0.4, 0.5) is 17.6 Å². The Hall–Kier alpha value is -3.91. The maximum atomic E-state index is 13.4. The van der Waals surface area contributed by atoms with Gasteiger partial charge in [-0.25, -0.2) is 12.8 Å². The first-order valence-electron chi connectivity index (χ1n) is 10.8. The Bertz CT molecular complexity index is 1600. The number of pyridine rings is 1. The van der Waals surface area contributed by atoms with Gasteiger partial charge in [0.1, 0.15) is 16.9 Å². The Labute approximate surface area is 207 Å². The summed E-state index contributed by atoms with van der Waals surface area (Å²) in [4.78, 5) is 17.0. The molecule has 192 valence electrons. The summed E-state index contributed by atoms with van der Waals surface area (Å²) in [5.41, 5.74) is -1.33. The third-order valence-corrected chi connectivity index (χ3v) is 7.12. The van der Waals surface area contributed by atoms with Gasteiger partial charge in [-0.15, -0.1) is 10.2 Å². The van der Waals surface area contributed by atoms with E-state index in [2.05, 4.69) is 25.2 Å². The fraction of sp³-hybridized carbons (Fsp3) is 0.217. The summed E-state index contributed by atoms with van der Waals surface area (Å²) in [7, 11) is -4.23. The molecule has 0 spiro atoms. The van der Waals surface area contributed by atoms with Gasteiger partial charge in [-0.05, 0) is 55.3 Å². The Morgan fingerprint density at radius 1 is 1.05 bits per heavy atom. The summed E-state index contributed by atoms with van der Waals surface area (Å²) in [6, 6.07) is 9.79. The average molecular weight is 535 g/mol. The fourth-order valence-electron chi connectivity index (χ4n) is 3.64. The summed E-state index contributed by atoms with van der Waals surface area (Å²) in [6.45, 7) is -0.0753. The van der Waals surface area contributed by atoms with Crippen molar-refractivity contribution in [2.75, 3.05) is 0 Å². The molecule has 0 atom stereocenters. The van der Waals surface area contributed by atoms with E-state index in [1.807, 2.05) is 0 Å². The number of alkyl halides is 3. The highest BCUT2D eigenvalue weighted by Crippen LogP contribution is 2.38. The summed E-state index contributed by atoms with van der Waals surface area (Å²) in [5.74, 6) is -1.13. The van der Waals surface area contributed by atoms with Gasteiger partial charge < -0.3 is 9.73 Å². The second kappa shape index (κ2) is 8.88. The maximum absolute atomic E-state index is 13.4. The first-order valence-corrected chi connectivity index (χ1v) is 12.3. The lowest BCUT2D eigenvalue weighted by Gasteiger charge is -2.16.